The summed E-state index contributed by atoms with van der Waals surface area (Å²) in [6.07, 6.45) is 1.50. The number of esters is 1. The SMILES string of the molecule is Cc1cccc(N(Cc2ccccc2)C(=O)COC(=O)c2ccccc2[S@@](C)=O)c1. The van der Waals surface area contributed by atoms with E-state index in [-0.39, 0.29) is 11.5 Å². The van der Waals surface area contributed by atoms with Crippen LogP contribution in [0.1, 0.15) is 21.5 Å². The summed E-state index contributed by atoms with van der Waals surface area (Å²) in [4.78, 5) is 27.5. The lowest BCUT2D eigenvalue weighted by Crippen LogP contribution is -2.34. The van der Waals surface area contributed by atoms with Crippen LogP contribution in [0.5, 0.6) is 0 Å². The van der Waals surface area contributed by atoms with E-state index in [0.717, 1.165) is 16.8 Å². The summed E-state index contributed by atoms with van der Waals surface area (Å²) in [5, 5.41) is 0. The Morgan fingerprint density at radius 3 is 2.33 bits per heavy atom. The van der Waals surface area contributed by atoms with Gasteiger partial charge in [0.25, 0.3) is 5.91 Å². The Morgan fingerprint density at radius 2 is 1.63 bits per heavy atom. The number of benzene rings is 3. The molecule has 0 aliphatic carbocycles. The van der Waals surface area contributed by atoms with Crippen LogP contribution < -0.4 is 4.90 Å². The van der Waals surface area contributed by atoms with E-state index < -0.39 is 23.4 Å². The van der Waals surface area contributed by atoms with Crippen molar-refractivity contribution < 1.29 is 18.5 Å². The number of amides is 1. The molecule has 3 aromatic carbocycles. The average Bonchev–Trinajstić information content (AvgIpc) is 2.76. The molecule has 0 bridgehead atoms. The van der Waals surface area contributed by atoms with E-state index in [1.54, 1.807) is 29.2 Å². The van der Waals surface area contributed by atoms with Crippen molar-refractivity contribution in [1.29, 1.82) is 0 Å². The molecule has 0 fully saturated rings. The number of hydrogen-bond acceptors (Lipinski definition) is 4. The first kappa shape index (κ1) is 21.5. The lowest BCUT2D eigenvalue weighted by atomic mass is 10.1. The summed E-state index contributed by atoms with van der Waals surface area (Å²) < 4.78 is 17.2. The molecule has 1 amide bonds. The van der Waals surface area contributed by atoms with Gasteiger partial charge in [0.15, 0.2) is 6.61 Å². The predicted molar refractivity (Wildman–Crippen MR) is 118 cm³/mol. The van der Waals surface area contributed by atoms with Crippen molar-refractivity contribution in [2.75, 3.05) is 17.8 Å². The molecule has 6 heteroatoms. The minimum atomic E-state index is -1.34. The molecule has 0 unspecified atom stereocenters. The molecule has 5 nitrogen and oxygen atoms in total. The third-order valence-electron chi connectivity index (χ3n) is 4.54. The third-order valence-corrected chi connectivity index (χ3v) is 5.52. The van der Waals surface area contributed by atoms with Crippen LogP contribution in [0.15, 0.2) is 83.8 Å². The van der Waals surface area contributed by atoms with E-state index in [1.807, 2.05) is 61.5 Å². The quantitative estimate of drug-likeness (QED) is 0.538. The first-order valence-corrected chi connectivity index (χ1v) is 11.0. The molecule has 0 saturated heterocycles. The molecule has 0 radical (unpaired) electrons. The third kappa shape index (κ3) is 5.42. The second kappa shape index (κ2) is 9.98. The van der Waals surface area contributed by atoms with Gasteiger partial charge < -0.3 is 9.64 Å². The average molecular weight is 422 g/mol. The van der Waals surface area contributed by atoms with Crippen molar-refractivity contribution in [2.24, 2.45) is 0 Å². The van der Waals surface area contributed by atoms with Crippen LogP contribution in [0.4, 0.5) is 5.69 Å². The molecule has 154 valence electrons. The van der Waals surface area contributed by atoms with Gasteiger partial charge in [0, 0.05) is 11.9 Å². The molecule has 1 atom stereocenters. The van der Waals surface area contributed by atoms with Gasteiger partial charge in [-0.15, -0.1) is 0 Å². The van der Waals surface area contributed by atoms with Gasteiger partial charge in [-0.2, -0.15) is 0 Å². The zero-order chi connectivity index (χ0) is 21.5. The van der Waals surface area contributed by atoms with Crippen LogP contribution in [0.25, 0.3) is 0 Å². The number of ether oxygens (including phenoxy) is 1. The van der Waals surface area contributed by atoms with E-state index in [1.165, 1.54) is 6.26 Å². The molecule has 0 aliphatic rings. The van der Waals surface area contributed by atoms with Crippen LogP contribution in [0.2, 0.25) is 0 Å². The highest BCUT2D eigenvalue weighted by Crippen LogP contribution is 2.20. The maximum atomic E-state index is 13.0. The van der Waals surface area contributed by atoms with Gasteiger partial charge >= 0.3 is 5.97 Å². The Morgan fingerprint density at radius 1 is 0.933 bits per heavy atom. The predicted octanol–water partition coefficient (Wildman–Crippen LogP) is 4.12. The maximum absolute atomic E-state index is 13.0. The lowest BCUT2D eigenvalue weighted by Gasteiger charge is -2.23. The fourth-order valence-electron chi connectivity index (χ4n) is 3.05. The fourth-order valence-corrected chi connectivity index (χ4v) is 3.79. The van der Waals surface area contributed by atoms with Crippen molar-refractivity contribution in [3.63, 3.8) is 0 Å². The number of aryl methyl sites for hydroxylation is 1. The molecule has 3 aromatic rings. The van der Waals surface area contributed by atoms with Gasteiger partial charge in [0.2, 0.25) is 0 Å². The van der Waals surface area contributed by atoms with Crippen LogP contribution in [-0.4, -0.2) is 28.9 Å². The van der Waals surface area contributed by atoms with Gasteiger partial charge in [-0.1, -0.05) is 54.6 Å². The second-order valence-corrected chi connectivity index (χ2v) is 8.18. The fraction of sp³-hybridized carbons (Fsp3) is 0.167. The van der Waals surface area contributed by atoms with E-state index in [9.17, 15) is 13.8 Å². The molecule has 0 saturated carbocycles. The largest absolute Gasteiger partial charge is 0.452 e. The van der Waals surface area contributed by atoms with Crippen LogP contribution in [0, 0.1) is 6.92 Å². The molecule has 0 aliphatic heterocycles. The minimum absolute atomic E-state index is 0.205. The van der Waals surface area contributed by atoms with E-state index in [0.29, 0.717) is 11.4 Å². The van der Waals surface area contributed by atoms with Crippen molar-refractivity contribution in [1.82, 2.24) is 0 Å². The van der Waals surface area contributed by atoms with Gasteiger partial charge in [-0.05, 0) is 42.3 Å². The molecule has 0 heterocycles. The Kier molecular flexibility index (Phi) is 7.14. The zero-order valence-electron chi connectivity index (χ0n) is 16.9. The topological polar surface area (TPSA) is 63.7 Å². The molecule has 0 N–H and O–H groups in total. The van der Waals surface area contributed by atoms with Crippen LogP contribution >= 0.6 is 0 Å². The van der Waals surface area contributed by atoms with Gasteiger partial charge in [-0.3, -0.25) is 9.00 Å². The Labute approximate surface area is 178 Å². The highest BCUT2D eigenvalue weighted by atomic mass is 32.2. The monoisotopic (exact) mass is 421 g/mol. The smallest absolute Gasteiger partial charge is 0.339 e. The highest BCUT2D eigenvalue weighted by molar-refractivity contribution is 7.84. The first-order chi connectivity index (χ1) is 14.5. The van der Waals surface area contributed by atoms with Crippen LogP contribution in [0.3, 0.4) is 0 Å². The molecule has 0 spiro atoms. The summed E-state index contributed by atoms with van der Waals surface area (Å²) in [6.45, 7) is 1.90. The Balaban J connectivity index is 1.78. The zero-order valence-corrected chi connectivity index (χ0v) is 17.7. The number of carbonyl (C=O) groups is 2. The Bertz CT molecular complexity index is 1070. The summed E-state index contributed by atoms with van der Waals surface area (Å²) in [6, 6.07) is 23.8. The van der Waals surface area contributed by atoms with Crippen LogP contribution in [-0.2, 0) is 26.9 Å². The number of anilines is 1. The summed E-state index contributed by atoms with van der Waals surface area (Å²) in [5.41, 5.74) is 2.92. The summed E-state index contributed by atoms with van der Waals surface area (Å²) >= 11 is 0. The van der Waals surface area contributed by atoms with E-state index >= 15 is 0 Å². The lowest BCUT2D eigenvalue weighted by molar-refractivity contribution is -0.121. The summed E-state index contributed by atoms with van der Waals surface area (Å²) in [7, 11) is -1.34. The molecule has 30 heavy (non-hydrogen) atoms. The van der Waals surface area contributed by atoms with E-state index in [2.05, 4.69) is 0 Å². The first-order valence-electron chi connectivity index (χ1n) is 9.46. The van der Waals surface area contributed by atoms with Crippen molar-refractivity contribution in [3.8, 4) is 0 Å². The van der Waals surface area contributed by atoms with Gasteiger partial charge in [0.05, 0.1) is 27.8 Å². The number of hydrogen-bond donors (Lipinski definition) is 0. The number of carbonyl (C=O) groups excluding carboxylic acids is 2. The second-order valence-electron chi connectivity index (χ2n) is 6.83. The normalized spacial score (nSPS) is 11.5. The molecule has 0 aromatic heterocycles. The maximum Gasteiger partial charge on any atom is 0.339 e. The van der Waals surface area contributed by atoms with Gasteiger partial charge in [0.1, 0.15) is 0 Å². The highest BCUT2D eigenvalue weighted by Gasteiger charge is 2.20. The number of rotatable bonds is 7. The van der Waals surface area contributed by atoms with E-state index in [4.69, 9.17) is 4.74 Å². The molecule has 3 rings (SSSR count). The standard InChI is InChI=1S/C24H23NO4S/c1-18-9-8-12-20(15-18)25(16-19-10-4-3-5-11-19)23(26)17-29-24(27)21-13-6-7-14-22(21)30(2)28/h3-15H,16-17H2,1-2H3/t30-/m1/s1. The van der Waals surface area contributed by atoms with Crippen molar-refractivity contribution in [3.05, 3.63) is 95.6 Å². The Hall–Kier alpha value is -3.25. The van der Waals surface area contributed by atoms with Gasteiger partial charge in [-0.25, -0.2) is 4.79 Å². The van der Waals surface area contributed by atoms with Crippen molar-refractivity contribution in [2.45, 2.75) is 18.4 Å². The summed E-state index contributed by atoms with van der Waals surface area (Å²) in [5.74, 6) is -1.01. The molecular formula is C24H23NO4S. The molecular weight excluding hydrogens is 398 g/mol. The number of nitrogens with zero attached hydrogens (tertiary/aromatic N) is 1. The minimum Gasteiger partial charge on any atom is -0.452 e. The van der Waals surface area contributed by atoms with Crippen molar-refractivity contribution >= 4 is 28.4 Å².